The van der Waals surface area contributed by atoms with Crippen LogP contribution in [0.1, 0.15) is 11.8 Å². The fourth-order valence-corrected chi connectivity index (χ4v) is 2.77. The van der Waals surface area contributed by atoms with Crippen molar-refractivity contribution in [2.45, 2.75) is 13.8 Å². The van der Waals surface area contributed by atoms with E-state index in [-0.39, 0.29) is 0 Å². The molecule has 2 rings (SSSR count). The number of fused-ring (bicyclic) bond motifs is 1. The Labute approximate surface area is 116 Å². The third-order valence-corrected chi connectivity index (χ3v) is 3.93. The summed E-state index contributed by atoms with van der Waals surface area (Å²) in [6.45, 7) is 7.07. The van der Waals surface area contributed by atoms with Gasteiger partial charge in [-0.3, -0.25) is 0 Å². The van der Waals surface area contributed by atoms with Crippen molar-refractivity contribution in [1.82, 2.24) is 14.9 Å². The van der Waals surface area contributed by atoms with Gasteiger partial charge in [0.05, 0.1) is 5.39 Å². The number of nitrogens with one attached hydrogen (secondary N) is 1. The molecular weight excluding hydrogens is 268 g/mol. The minimum atomic E-state index is 0.302. The molecule has 6 heteroatoms. The SMILES string of the molecule is CCN(C)CCNc1nc(Cl)nc2sc(C)cc12. The largest absolute Gasteiger partial charge is 0.368 e. The smallest absolute Gasteiger partial charge is 0.225 e. The van der Waals surface area contributed by atoms with Gasteiger partial charge in [-0.05, 0) is 38.2 Å². The topological polar surface area (TPSA) is 41.0 Å². The average molecular weight is 285 g/mol. The Kier molecular flexibility index (Phi) is 4.37. The van der Waals surface area contributed by atoms with E-state index < -0.39 is 0 Å². The van der Waals surface area contributed by atoms with Crippen molar-refractivity contribution in [3.63, 3.8) is 0 Å². The molecule has 0 radical (unpaired) electrons. The maximum Gasteiger partial charge on any atom is 0.225 e. The molecule has 0 aliphatic carbocycles. The molecule has 4 nitrogen and oxygen atoms in total. The van der Waals surface area contributed by atoms with Gasteiger partial charge in [0.2, 0.25) is 5.28 Å². The van der Waals surface area contributed by atoms with Crippen LogP contribution in [0.15, 0.2) is 6.07 Å². The first kappa shape index (κ1) is 13.5. The summed E-state index contributed by atoms with van der Waals surface area (Å²) in [7, 11) is 2.10. The van der Waals surface area contributed by atoms with Crippen molar-refractivity contribution in [2.75, 3.05) is 32.0 Å². The highest BCUT2D eigenvalue weighted by Gasteiger charge is 2.09. The molecule has 0 bridgehead atoms. The normalized spacial score (nSPS) is 11.4. The van der Waals surface area contributed by atoms with Gasteiger partial charge in [0.1, 0.15) is 10.6 Å². The molecule has 0 saturated carbocycles. The Morgan fingerprint density at radius 3 is 2.94 bits per heavy atom. The van der Waals surface area contributed by atoms with Crippen molar-refractivity contribution in [3.05, 3.63) is 16.2 Å². The van der Waals surface area contributed by atoms with Crippen LogP contribution in [0, 0.1) is 6.92 Å². The van der Waals surface area contributed by atoms with E-state index in [1.165, 1.54) is 4.88 Å². The van der Waals surface area contributed by atoms with Crippen LogP contribution in [0.5, 0.6) is 0 Å². The van der Waals surface area contributed by atoms with E-state index >= 15 is 0 Å². The highest BCUT2D eigenvalue weighted by atomic mass is 35.5. The summed E-state index contributed by atoms with van der Waals surface area (Å²) < 4.78 is 0. The van der Waals surface area contributed by atoms with Gasteiger partial charge in [0.15, 0.2) is 0 Å². The fraction of sp³-hybridized carbons (Fsp3) is 0.500. The van der Waals surface area contributed by atoms with Crippen molar-refractivity contribution < 1.29 is 0 Å². The maximum atomic E-state index is 5.94. The number of halogens is 1. The van der Waals surface area contributed by atoms with Crippen LogP contribution >= 0.6 is 22.9 Å². The Balaban J connectivity index is 2.16. The minimum absolute atomic E-state index is 0.302. The standard InChI is InChI=1S/C12H17ClN4S/c1-4-17(3)6-5-14-10-9-7-8(2)18-11(9)16-12(13)15-10/h7H,4-6H2,1-3H3,(H,14,15,16). The van der Waals surface area contributed by atoms with Gasteiger partial charge in [-0.2, -0.15) is 0 Å². The van der Waals surface area contributed by atoms with Gasteiger partial charge < -0.3 is 10.2 Å². The van der Waals surface area contributed by atoms with Crippen LogP contribution < -0.4 is 5.32 Å². The van der Waals surface area contributed by atoms with Crippen LogP contribution in [-0.2, 0) is 0 Å². The predicted molar refractivity (Wildman–Crippen MR) is 78.8 cm³/mol. The van der Waals surface area contributed by atoms with Crippen molar-refractivity contribution in [1.29, 1.82) is 0 Å². The summed E-state index contributed by atoms with van der Waals surface area (Å²) in [5, 5.41) is 4.69. The zero-order valence-electron chi connectivity index (χ0n) is 10.8. The van der Waals surface area contributed by atoms with Crippen LogP contribution in [0.3, 0.4) is 0 Å². The molecular formula is C12H17ClN4S. The third kappa shape index (κ3) is 3.10. The molecule has 18 heavy (non-hydrogen) atoms. The van der Waals surface area contributed by atoms with E-state index in [1.54, 1.807) is 11.3 Å². The van der Waals surface area contributed by atoms with Crippen molar-refractivity contribution in [3.8, 4) is 0 Å². The number of aromatic nitrogens is 2. The molecule has 0 atom stereocenters. The first-order chi connectivity index (χ1) is 8.60. The zero-order chi connectivity index (χ0) is 13.1. The van der Waals surface area contributed by atoms with Crippen LogP contribution in [0.25, 0.3) is 10.2 Å². The molecule has 0 unspecified atom stereocenters. The van der Waals surface area contributed by atoms with Gasteiger partial charge >= 0.3 is 0 Å². The first-order valence-corrected chi connectivity index (χ1v) is 7.15. The molecule has 2 heterocycles. The highest BCUT2D eigenvalue weighted by Crippen LogP contribution is 2.29. The Morgan fingerprint density at radius 1 is 1.44 bits per heavy atom. The number of anilines is 1. The maximum absolute atomic E-state index is 5.94. The monoisotopic (exact) mass is 284 g/mol. The average Bonchev–Trinajstić information content (AvgIpc) is 2.69. The molecule has 0 aromatic carbocycles. The van der Waals surface area contributed by atoms with Gasteiger partial charge in [0, 0.05) is 18.0 Å². The number of thiophene rings is 1. The lowest BCUT2D eigenvalue weighted by Gasteiger charge is -2.14. The Bertz CT molecular complexity index is 540. The number of hydrogen-bond donors (Lipinski definition) is 1. The molecule has 0 spiro atoms. The van der Waals surface area contributed by atoms with Crippen molar-refractivity contribution in [2.24, 2.45) is 0 Å². The predicted octanol–water partition coefficient (Wildman–Crippen LogP) is 3.02. The summed E-state index contributed by atoms with van der Waals surface area (Å²) in [4.78, 5) is 12.9. The van der Waals surface area contributed by atoms with E-state index in [4.69, 9.17) is 11.6 Å². The second-order valence-electron chi connectivity index (χ2n) is 4.24. The summed E-state index contributed by atoms with van der Waals surface area (Å²) in [6.07, 6.45) is 0. The zero-order valence-corrected chi connectivity index (χ0v) is 12.4. The number of rotatable bonds is 5. The molecule has 98 valence electrons. The molecule has 0 aliphatic heterocycles. The first-order valence-electron chi connectivity index (χ1n) is 5.96. The second-order valence-corrected chi connectivity index (χ2v) is 5.81. The van der Waals surface area contributed by atoms with E-state index in [0.717, 1.165) is 35.7 Å². The molecule has 0 amide bonds. The lowest BCUT2D eigenvalue weighted by molar-refractivity contribution is 0.367. The quantitative estimate of drug-likeness (QED) is 0.857. The number of likely N-dealkylation sites (N-methyl/N-ethyl adjacent to an activating group) is 1. The van der Waals surface area contributed by atoms with Gasteiger partial charge in [-0.25, -0.2) is 9.97 Å². The molecule has 2 aromatic rings. The van der Waals surface area contributed by atoms with E-state index in [9.17, 15) is 0 Å². The Morgan fingerprint density at radius 2 is 2.22 bits per heavy atom. The minimum Gasteiger partial charge on any atom is -0.368 e. The van der Waals surface area contributed by atoms with Gasteiger partial charge in [0.25, 0.3) is 0 Å². The summed E-state index contributed by atoms with van der Waals surface area (Å²) in [5.74, 6) is 0.832. The highest BCUT2D eigenvalue weighted by molar-refractivity contribution is 7.18. The van der Waals surface area contributed by atoms with Crippen LogP contribution in [-0.4, -0.2) is 41.5 Å². The molecule has 0 saturated heterocycles. The van der Waals surface area contributed by atoms with Gasteiger partial charge in [-0.1, -0.05) is 6.92 Å². The molecule has 0 fully saturated rings. The third-order valence-electron chi connectivity index (χ3n) is 2.81. The lowest BCUT2D eigenvalue weighted by Crippen LogP contribution is -2.25. The molecule has 2 aromatic heterocycles. The summed E-state index contributed by atoms with van der Waals surface area (Å²) >= 11 is 7.57. The van der Waals surface area contributed by atoms with Crippen LogP contribution in [0.4, 0.5) is 5.82 Å². The molecule has 0 aliphatic rings. The molecule has 1 N–H and O–H groups in total. The van der Waals surface area contributed by atoms with Gasteiger partial charge in [-0.15, -0.1) is 11.3 Å². The second kappa shape index (κ2) is 5.82. The Hall–Kier alpha value is -0.910. The van der Waals surface area contributed by atoms with E-state index in [0.29, 0.717) is 5.28 Å². The van der Waals surface area contributed by atoms with E-state index in [1.807, 2.05) is 0 Å². The fourth-order valence-electron chi connectivity index (χ4n) is 1.67. The van der Waals surface area contributed by atoms with Crippen molar-refractivity contribution >= 4 is 39.0 Å². The number of nitrogens with zero attached hydrogens (tertiary/aromatic N) is 3. The van der Waals surface area contributed by atoms with E-state index in [2.05, 4.69) is 47.1 Å². The summed E-state index contributed by atoms with van der Waals surface area (Å²) in [5.41, 5.74) is 0. The lowest BCUT2D eigenvalue weighted by atomic mass is 10.3. The number of aryl methyl sites for hydroxylation is 1. The number of hydrogen-bond acceptors (Lipinski definition) is 5. The summed E-state index contributed by atoms with van der Waals surface area (Å²) in [6, 6.07) is 2.10. The van der Waals surface area contributed by atoms with Crippen LogP contribution in [0.2, 0.25) is 5.28 Å².